The summed E-state index contributed by atoms with van der Waals surface area (Å²) in [7, 11) is 0. The van der Waals surface area contributed by atoms with E-state index in [4.69, 9.17) is 0 Å². The van der Waals surface area contributed by atoms with Gasteiger partial charge in [0, 0.05) is 25.1 Å². The molecule has 2 rings (SSSR count). The van der Waals surface area contributed by atoms with Gasteiger partial charge in [-0.1, -0.05) is 19.4 Å². The third kappa shape index (κ3) is 3.56. The minimum atomic E-state index is -0.370. The van der Waals surface area contributed by atoms with Gasteiger partial charge in [-0.05, 0) is 24.6 Å². The molecule has 20 heavy (non-hydrogen) atoms. The van der Waals surface area contributed by atoms with Gasteiger partial charge in [0.15, 0.2) is 0 Å². The van der Waals surface area contributed by atoms with E-state index in [9.17, 15) is 14.0 Å². The summed E-state index contributed by atoms with van der Waals surface area (Å²) in [4.78, 5) is 25.1. The number of carbonyl (C=O) groups is 2. The molecule has 0 unspecified atom stereocenters. The molecular weight excluding hydrogens is 259 g/mol. The molecule has 1 heterocycles. The first kappa shape index (κ1) is 14.5. The highest BCUT2D eigenvalue weighted by atomic mass is 19.1. The molecule has 1 fully saturated rings. The van der Waals surface area contributed by atoms with Gasteiger partial charge in [-0.15, -0.1) is 0 Å². The van der Waals surface area contributed by atoms with Crippen LogP contribution in [0.2, 0.25) is 0 Å². The summed E-state index contributed by atoms with van der Waals surface area (Å²) in [6, 6.07) is 5.76. The Hall–Kier alpha value is -1.91. The monoisotopic (exact) mass is 278 g/mol. The average Bonchev–Trinajstić information content (AvgIpc) is 2.77. The van der Waals surface area contributed by atoms with Gasteiger partial charge in [0.1, 0.15) is 5.82 Å². The van der Waals surface area contributed by atoms with Gasteiger partial charge in [-0.3, -0.25) is 9.59 Å². The molecule has 1 aliphatic rings. The molecule has 0 aromatic heterocycles. The maximum Gasteiger partial charge on any atom is 0.229 e. The molecule has 0 bridgehead atoms. The van der Waals surface area contributed by atoms with Crippen molar-refractivity contribution >= 4 is 17.5 Å². The van der Waals surface area contributed by atoms with Crippen LogP contribution in [0.4, 0.5) is 10.1 Å². The highest BCUT2D eigenvalue weighted by Gasteiger charge is 2.31. The summed E-state index contributed by atoms with van der Waals surface area (Å²) < 4.78 is 13.2. The predicted octanol–water partition coefficient (Wildman–Crippen LogP) is 2.24. The van der Waals surface area contributed by atoms with E-state index in [0.717, 1.165) is 12.8 Å². The lowest BCUT2D eigenvalue weighted by atomic mass is 10.2. The van der Waals surface area contributed by atoms with Crippen LogP contribution in [0.3, 0.4) is 0 Å². The quantitative estimate of drug-likeness (QED) is 0.898. The normalized spacial score (nSPS) is 18.4. The second-order valence-corrected chi connectivity index (χ2v) is 5.06. The van der Waals surface area contributed by atoms with Gasteiger partial charge in [0.2, 0.25) is 11.8 Å². The van der Waals surface area contributed by atoms with Gasteiger partial charge in [-0.2, -0.15) is 0 Å². The van der Waals surface area contributed by atoms with Gasteiger partial charge in [-0.25, -0.2) is 4.39 Å². The van der Waals surface area contributed by atoms with Gasteiger partial charge in [0.05, 0.1) is 6.04 Å². The molecule has 5 heteroatoms. The maximum absolute atomic E-state index is 13.2. The van der Waals surface area contributed by atoms with Crippen LogP contribution >= 0.6 is 0 Å². The fourth-order valence-electron chi connectivity index (χ4n) is 2.33. The van der Waals surface area contributed by atoms with E-state index < -0.39 is 0 Å². The lowest BCUT2D eigenvalue weighted by Gasteiger charge is -2.17. The van der Waals surface area contributed by atoms with E-state index in [0.29, 0.717) is 18.7 Å². The number of nitrogens with zero attached hydrogens (tertiary/aromatic N) is 1. The number of hydrogen-bond donors (Lipinski definition) is 1. The predicted molar refractivity (Wildman–Crippen MR) is 74.8 cm³/mol. The molecule has 0 saturated carbocycles. The van der Waals surface area contributed by atoms with E-state index >= 15 is 0 Å². The van der Waals surface area contributed by atoms with Crippen molar-refractivity contribution in [3.05, 3.63) is 30.1 Å². The number of hydrogen-bond acceptors (Lipinski definition) is 2. The number of benzene rings is 1. The van der Waals surface area contributed by atoms with Crippen molar-refractivity contribution in [1.82, 2.24) is 5.32 Å². The largest absolute Gasteiger partial charge is 0.351 e. The molecule has 0 aliphatic carbocycles. The topological polar surface area (TPSA) is 49.4 Å². The summed E-state index contributed by atoms with van der Waals surface area (Å²) in [5.41, 5.74) is 0.542. The molecular formula is C15H19FN2O2. The molecule has 1 N–H and O–H groups in total. The molecule has 0 radical (unpaired) electrons. The van der Waals surface area contributed by atoms with Crippen molar-refractivity contribution in [3.63, 3.8) is 0 Å². The minimum absolute atomic E-state index is 0.0225. The maximum atomic E-state index is 13.2. The molecule has 1 aromatic carbocycles. The Bertz CT molecular complexity index is 504. The molecule has 1 aliphatic heterocycles. The highest BCUT2D eigenvalue weighted by molar-refractivity contribution is 5.96. The number of anilines is 1. The smallest absolute Gasteiger partial charge is 0.229 e. The zero-order valence-corrected chi connectivity index (χ0v) is 11.6. The van der Waals surface area contributed by atoms with Crippen LogP contribution < -0.4 is 10.2 Å². The van der Waals surface area contributed by atoms with E-state index in [-0.39, 0.29) is 30.1 Å². The zero-order valence-electron chi connectivity index (χ0n) is 11.6. The van der Waals surface area contributed by atoms with E-state index in [1.165, 1.54) is 17.0 Å². The van der Waals surface area contributed by atoms with Crippen LogP contribution in [0.25, 0.3) is 0 Å². The first-order valence-electron chi connectivity index (χ1n) is 6.95. The summed E-state index contributed by atoms with van der Waals surface area (Å²) >= 11 is 0. The summed E-state index contributed by atoms with van der Waals surface area (Å²) in [5.74, 6) is -0.479. The Morgan fingerprint density at radius 3 is 3.00 bits per heavy atom. The lowest BCUT2D eigenvalue weighted by molar-refractivity contribution is -0.121. The van der Waals surface area contributed by atoms with Gasteiger partial charge in [0.25, 0.3) is 0 Å². The lowest BCUT2D eigenvalue weighted by Crippen LogP contribution is -2.37. The number of amides is 2. The molecule has 4 nitrogen and oxygen atoms in total. The molecule has 1 atom stereocenters. The van der Waals surface area contributed by atoms with Crippen molar-refractivity contribution in [2.75, 3.05) is 11.4 Å². The van der Waals surface area contributed by atoms with Crippen molar-refractivity contribution in [2.45, 2.75) is 38.6 Å². The van der Waals surface area contributed by atoms with Gasteiger partial charge >= 0.3 is 0 Å². The second-order valence-electron chi connectivity index (χ2n) is 5.06. The molecule has 2 amide bonds. The fraction of sp³-hybridized carbons (Fsp3) is 0.467. The van der Waals surface area contributed by atoms with E-state index in [1.54, 1.807) is 12.1 Å². The number of halogens is 1. The van der Waals surface area contributed by atoms with Crippen LogP contribution in [0.15, 0.2) is 24.3 Å². The third-order valence-corrected chi connectivity index (χ3v) is 3.37. The zero-order chi connectivity index (χ0) is 14.5. The Morgan fingerprint density at radius 2 is 2.30 bits per heavy atom. The average molecular weight is 278 g/mol. The number of nitrogens with one attached hydrogen (secondary N) is 1. The minimum Gasteiger partial charge on any atom is -0.351 e. The standard InChI is InChI=1S/C15H19FN2O2/c1-2-3-7-14(19)17-12-9-15(20)18(10-12)13-6-4-5-11(16)8-13/h4-6,8,12H,2-3,7,9-10H2,1H3,(H,17,19)/t12-/m0/s1. The Kier molecular flexibility index (Phi) is 4.71. The summed E-state index contributed by atoms with van der Waals surface area (Å²) in [5, 5.41) is 2.86. The number of unbranched alkanes of at least 4 members (excludes halogenated alkanes) is 1. The summed E-state index contributed by atoms with van der Waals surface area (Å²) in [6.45, 7) is 2.43. The van der Waals surface area contributed by atoms with Crippen LogP contribution in [0.5, 0.6) is 0 Å². The molecule has 0 spiro atoms. The summed E-state index contributed by atoms with van der Waals surface area (Å²) in [6.07, 6.45) is 2.57. The van der Waals surface area contributed by atoms with E-state index in [1.807, 2.05) is 6.92 Å². The SMILES string of the molecule is CCCCC(=O)N[C@H]1CC(=O)N(c2cccc(F)c2)C1. The van der Waals surface area contributed by atoms with Crippen molar-refractivity contribution in [3.8, 4) is 0 Å². The van der Waals surface area contributed by atoms with Crippen molar-refractivity contribution in [2.24, 2.45) is 0 Å². The van der Waals surface area contributed by atoms with Crippen LogP contribution in [0.1, 0.15) is 32.6 Å². The third-order valence-electron chi connectivity index (χ3n) is 3.37. The number of carbonyl (C=O) groups excluding carboxylic acids is 2. The first-order valence-corrected chi connectivity index (χ1v) is 6.95. The fourth-order valence-corrected chi connectivity index (χ4v) is 2.33. The molecule has 1 aromatic rings. The first-order chi connectivity index (χ1) is 9.60. The van der Waals surface area contributed by atoms with Crippen molar-refractivity contribution in [1.29, 1.82) is 0 Å². The van der Waals surface area contributed by atoms with Crippen LogP contribution in [-0.2, 0) is 9.59 Å². The second kappa shape index (κ2) is 6.50. The van der Waals surface area contributed by atoms with Crippen LogP contribution in [0, 0.1) is 5.82 Å². The van der Waals surface area contributed by atoms with E-state index in [2.05, 4.69) is 5.32 Å². The van der Waals surface area contributed by atoms with Gasteiger partial charge < -0.3 is 10.2 Å². The molecule has 108 valence electrons. The van der Waals surface area contributed by atoms with Crippen molar-refractivity contribution < 1.29 is 14.0 Å². The Labute approximate surface area is 118 Å². The highest BCUT2D eigenvalue weighted by Crippen LogP contribution is 2.22. The number of rotatable bonds is 5. The Morgan fingerprint density at radius 1 is 1.50 bits per heavy atom. The Balaban J connectivity index is 1.95. The molecule has 1 saturated heterocycles. The van der Waals surface area contributed by atoms with Crippen LogP contribution in [-0.4, -0.2) is 24.4 Å².